The lowest BCUT2D eigenvalue weighted by Gasteiger charge is -2.17. The number of carbonyl (C=O) groups excluding carboxylic acids is 2. The lowest BCUT2D eigenvalue weighted by atomic mass is 9.98. The molecule has 0 aromatic heterocycles. The molecule has 0 radical (unpaired) electrons. The van der Waals surface area contributed by atoms with Crippen LogP contribution in [0.5, 0.6) is 17.2 Å². The van der Waals surface area contributed by atoms with Gasteiger partial charge in [0, 0.05) is 19.1 Å². The fraction of sp³-hybridized carbons (Fsp3) is 0.379. The fourth-order valence-corrected chi connectivity index (χ4v) is 4.72. The summed E-state index contributed by atoms with van der Waals surface area (Å²) >= 11 is 0. The number of likely N-dealkylation sites (tertiary alicyclic amines) is 1. The Hall–Kier alpha value is -3.74. The average molecular weight is 491 g/mol. The van der Waals surface area contributed by atoms with Crippen molar-refractivity contribution in [3.8, 4) is 28.4 Å². The van der Waals surface area contributed by atoms with Gasteiger partial charge < -0.3 is 24.4 Å². The van der Waals surface area contributed by atoms with Gasteiger partial charge in [-0.25, -0.2) is 0 Å². The van der Waals surface area contributed by atoms with Crippen LogP contribution in [0.15, 0.2) is 48.5 Å². The maximum absolute atomic E-state index is 12.9. The third-order valence-corrected chi connectivity index (χ3v) is 6.60. The number of ether oxygens (including phenoxy) is 3. The Morgan fingerprint density at radius 2 is 1.58 bits per heavy atom. The van der Waals surface area contributed by atoms with Crippen LogP contribution in [0.2, 0.25) is 0 Å². The van der Waals surface area contributed by atoms with Gasteiger partial charge in [-0.3, -0.25) is 9.59 Å². The topological polar surface area (TPSA) is 77.1 Å². The van der Waals surface area contributed by atoms with E-state index in [1.807, 2.05) is 49.1 Å². The SMILES string of the molecule is COc1cc(-c2ccc3cc(CC(=O)N4CCC(C(=O)NC(C)C)C4)ccc3c2)cc(OC)c1OC. The fourth-order valence-electron chi connectivity index (χ4n) is 4.72. The summed E-state index contributed by atoms with van der Waals surface area (Å²) in [5.41, 5.74) is 2.94. The van der Waals surface area contributed by atoms with Crippen molar-refractivity contribution in [3.05, 3.63) is 54.1 Å². The Labute approximate surface area is 212 Å². The van der Waals surface area contributed by atoms with Gasteiger partial charge >= 0.3 is 0 Å². The molecule has 2 amide bonds. The lowest BCUT2D eigenvalue weighted by Crippen LogP contribution is -2.38. The molecule has 1 heterocycles. The highest BCUT2D eigenvalue weighted by atomic mass is 16.5. The van der Waals surface area contributed by atoms with Gasteiger partial charge in [0.1, 0.15) is 0 Å². The zero-order valence-corrected chi connectivity index (χ0v) is 21.6. The number of hydrogen-bond donors (Lipinski definition) is 1. The van der Waals surface area contributed by atoms with Gasteiger partial charge in [-0.1, -0.05) is 30.3 Å². The van der Waals surface area contributed by atoms with Gasteiger partial charge in [0.25, 0.3) is 0 Å². The molecule has 1 fully saturated rings. The molecule has 7 heteroatoms. The first kappa shape index (κ1) is 25.4. The van der Waals surface area contributed by atoms with Crippen molar-refractivity contribution >= 4 is 22.6 Å². The number of carbonyl (C=O) groups is 2. The van der Waals surface area contributed by atoms with Crippen LogP contribution in [0, 0.1) is 5.92 Å². The van der Waals surface area contributed by atoms with Gasteiger partial charge in [0.05, 0.1) is 33.7 Å². The third kappa shape index (κ3) is 5.40. The second-order valence-corrected chi connectivity index (χ2v) is 9.48. The van der Waals surface area contributed by atoms with Gasteiger partial charge in [-0.2, -0.15) is 0 Å². The Kier molecular flexibility index (Phi) is 7.67. The second-order valence-electron chi connectivity index (χ2n) is 9.48. The zero-order valence-electron chi connectivity index (χ0n) is 21.6. The number of fused-ring (bicyclic) bond motifs is 1. The Bertz CT molecular complexity index is 1240. The molecular weight excluding hydrogens is 456 g/mol. The van der Waals surface area contributed by atoms with Gasteiger partial charge in [-0.15, -0.1) is 0 Å². The molecule has 1 N–H and O–H groups in total. The van der Waals surface area contributed by atoms with Crippen LogP contribution in [0.25, 0.3) is 21.9 Å². The van der Waals surface area contributed by atoms with Crippen LogP contribution in [0.3, 0.4) is 0 Å². The summed E-state index contributed by atoms with van der Waals surface area (Å²) in [4.78, 5) is 27.0. The number of hydrogen-bond acceptors (Lipinski definition) is 5. The molecule has 0 spiro atoms. The first-order valence-corrected chi connectivity index (χ1v) is 12.2. The van der Waals surface area contributed by atoms with Gasteiger partial charge in [0.2, 0.25) is 17.6 Å². The largest absolute Gasteiger partial charge is 0.493 e. The number of nitrogens with one attached hydrogen (secondary N) is 1. The van der Waals surface area contributed by atoms with E-state index in [0.717, 1.165) is 27.5 Å². The molecule has 1 atom stereocenters. The van der Waals surface area contributed by atoms with Crippen LogP contribution in [0.1, 0.15) is 25.8 Å². The summed E-state index contributed by atoms with van der Waals surface area (Å²) < 4.78 is 16.4. The molecule has 190 valence electrons. The molecule has 4 rings (SSSR count). The third-order valence-electron chi connectivity index (χ3n) is 6.60. The maximum atomic E-state index is 12.9. The van der Waals surface area contributed by atoms with E-state index in [1.165, 1.54) is 0 Å². The van der Waals surface area contributed by atoms with Crippen LogP contribution in [0.4, 0.5) is 0 Å². The molecular formula is C29H34N2O5. The van der Waals surface area contributed by atoms with Crippen molar-refractivity contribution in [2.75, 3.05) is 34.4 Å². The van der Waals surface area contributed by atoms with Crippen LogP contribution >= 0.6 is 0 Å². The van der Waals surface area contributed by atoms with E-state index in [-0.39, 0.29) is 23.8 Å². The molecule has 0 bridgehead atoms. The Morgan fingerprint density at radius 3 is 2.22 bits per heavy atom. The monoisotopic (exact) mass is 490 g/mol. The van der Waals surface area contributed by atoms with Crippen molar-refractivity contribution < 1.29 is 23.8 Å². The van der Waals surface area contributed by atoms with E-state index in [2.05, 4.69) is 23.5 Å². The van der Waals surface area contributed by atoms with Crippen molar-refractivity contribution in [1.29, 1.82) is 0 Å². The summed E-state index contributed by atoms with van der Waals surface area (Å²) in [5.74, 6) is 1.74. The number of benzene rings is 3. The first-order chi connectivity index (χ1) is 17.3. The first-order valence-electron chi connectivity index (χ1n) is 12.2. The normalized spacial score (nSPS) is 15.3. The maximum Gasteiger partial charge on any atom is 0.227 e. The summed E-state index contributed by atoms with van der Waals surface area (Å²) in [6.45, 7) is 5.01. The summed E-state index contributed by atoms with van der Waals surface area (Å²) in [6, 6.07) is 16.3. The highest BCUT2D eigenvalue weighted by Gasteiger charge is 2.31. The average Bonchev–Trinajstić information content (AvgIpc) is 3.38. The van der Waals surface area contributed by atoms with Crippen molar-refractivity contribution in [2.24, 2.45) is 5.92 Å². The molecule has 1 aliphatic heterocycles. The number of methoxy groups -OCH3 is 3. The van der Waals surface area contributed by atoms with Crippen molar-refractivity contribution in [1.82, 2.24) is 10.2 Å². The highest BCUT2D eigenvalue weighted by Crippen LogP contribution is 2.41. The standard InChI is InChI=1S/C29H34N2O5/c1-18(2)30-29(33)23-10-11-31(17-23)27(32)13-19-6-7-21-14-22(9-8-20(21)12-19)24-15-25(34-3)28(36-5)26(16-24)35-4/h6-9,12,14-16,18,23H,10-11,13,17H2,1-5H3,(H,30,33). The summed E-state index contributed by atoms with van der Waals surface area (Å²) in [7, 11) is 4.80. The number of amides is 2. The van der Waals surface area contributed by atoms with E-state index in [4.69, 9.17) is 14.2 Å². The molecule has 0 aliphatic carbocycles. The van der Waals surface area contributed by atoms with Crippen molar-refractivity contribution in [2.45, 2.75) is 32.7 Å². The van der Waals surface area contributed by atoms with Crippen LogP contribution in [-0.2, 0) is 16.0 Å². The quantitative estimate of drug-likeness (QED) is 0.505. The van der Waals surface area contributed by atoms with Gasteiger partial charge in [-0.05, 0) is 65.9 Å². The van der Waals surface area contributed by atoms with Crippen LogP contribution < -0.4 is 19.5 Å². The Balaban J connectivity index is 1.49. The highest BCUT2D eigenvalue weighted by molar-refractivity contribution is 5.90. The number of nitrogens with zero attached hydrogens (tertiary/aromatic N) is 1. The zero-order chi connectivity index (χ0) is 25.8. The van der Waals surface area contributed by atoms with E-state index >= 15 is 0 Å². The predicted octanol–water partition coefficient (Wildman–Crippen LogP) is 4.45. The molecule has 7 nitrogen and oxygen atoms in total. The van der Waals surface area contributed by atoms with E-state index in [9.17, 15) is 9.59 Å². The van der Waals surface area contributed by atoms with E-state index in [1.54, 1.807) is 21.3 Å². The molecule has 1 aliphatic rings. The minimum absolute atomic E-state index is 0.0360. The van der Waals surface area contributed by atoms with Crippen LogP contribution in [-0.4, -0.2) is 57.2 Å². The van der Waals surface area contributed by atoms with E-state index in [0.29, 0.717) is 43.2 Å². The molecule has 36 heavy (non-hydrogen) atoms. The Morgan fingerprint density at radius 1 is 0.917 bits per heavy atom. The van der Waals surface area contributed by atoms with Crippen molar-refractivity contribution in [3.63, 3.8) is 0 Å². The molecule has 3 aromatic rings. The second kappa shape index (κ2) is 10.9. The number of rotatable bonds is 8. The lowest BCUT2D eigenvalue weighted by molar-refractivity contribution is -0.130. The minimum atomic E-state index is -0.124. The van der Waals surface area contributed by atoms with E-state index < -0.39 is 0 Å². The molecule has 3 aromatic carbocycles. The smallest absolute Gasteiger partial charge is 0.227 e. The summed E-state index contributed by atoms with van der Waals surface area (Å²) in [5, 5.41) is 5.09. The molecule has 1 saturated heterocycles. The minimum Gasteiger partial charge on any atom is -0.493 e. The molecule has 1 unspecified atom stereocenters. The predicted molar refractivity (Wildman–Crippen MR) is 141 cm³/mol. The summed E-state index contributed by atoms with van der Waals surface area (Å²) in [6.07, 6.45) is 1.04. The van der Waals surface area contributed by atoms with Gasteiger partial charge in [0.15, 0.2) is 11.5 Å². The molecule has 0 saturated carbocycles.